The van der Waals surface area contributed by atoms with Crippen LogP contribution in [0.2, 0.25) is 0 Å². The number of ether oxygens (including phenoxy) is 1. The first-order valence-electron chi connectivity index (χ1n) is 3.30. The molecule has 0 aromatic rings. The normalized spacial score (nSPS) is 25.7. The zero-order chi connectivity index (χ0) is 7.56. The summed E-state index contributed by atoms with van der Waals surface area (Å²) in [7, 11) is 1.72. The highest BCUT2D eigenvalue weighted by Gasteiger charge is 2.11. The first-order valence-corrected chi connectivity index (χ1v) is 3.68. The quantitative estimate of drug-likeness (QED) is 0.570. The van der Waals surface area contributed by atoms with Gasteiger partial charge in [0, 0.05) is 12.1 Å². The zero-order valence-electron chi connectivity index (χ0n) is 6.23. The number of halogens is 1. The van der Waals surface area contributed by atoms with Crippen molar-refractivity contribution in [2.24, 2.45) is 0 Å². The van der Waals surface area contributed by atoms with E-state index in [1.807, 2.05) is 19.1 Å². The third-order valence-electron chi connectivity index (χ3n) is 1.68. The van der Waals surface area contributed by atoms with Gasteiger partial charge in [0.25, 0.3) is 0 Å². The largest absolute Gasteiger partial charge is 0.377 e. The molecule has 10 heavy (non-hydrogen) atoms. The Bertz CT molecular complexity index is 182. The zero-order valence-corrected chi connectivity index (χ0v) is 6.98. The molecule has 1 aliphatic carbocycles. The van der Waals surface area contributed by atoms with Crippen molar-refractivity contribution in [3.63, 3.8) is 0 Å². The number of hydrogen-bond donors (Lipinski definition) is 0. The maximum Gasteiger partial charge on any atom is 0.0817 e. The average molecular weight is 159 g/mol. The molecule has 0 bridgehead atoms. The van der Waals surface area contributed by atoms with Crippen LogP contribution < -0.4 is 0 Å². The Kier molecular flexibility index (Phi) is 2.52. The van der Waals surface area contributed by atoms with E-state index in [0.717, 1.165) is 11.5 Å². The summed E-state index contributed by atoms with van der Waals surface area (Å²) >= 11 is 5.76. The molecule has 0 heterocycles. The smallest absolute Gasteiger partial charge is 0.0817 e. The van der Waals surface area contributed by atoms with Gasteiger partial charge in [0.05, 0.1) is 6.10 Å². The summed E-state index contributed by atoms with van der Waals surface area (Å²) in [4.78, 5) is 0. The summed E-state index contributed by atoms with van der Waals surface area (Å²) in [5.74, 6) is 0. The van der Waals surface area contributed by atoms with Crippen LogP contribution in [0.3, 0.4) is 0 Å². The Balaban J connectivity index is 2.68. The van der Waals surface area contributed by atoms with Crippen LogP contribution in [0, 0.1) is 0 Å². The number of hydrogen-bond acceptors (Lipinski definition) is 1. The molecule has 1 unspecified atom stereocenters. The standard InChI is InChI=1S/C8H11ClO/c1-6-5-7(9)3-4-8(6)10-2/h3,5,8H,4H2,1-2H3. The minimum absolute atomic E-state index is 0.238. The average Bonchev–Trinajstić information content (AvgIpc) is 1.88. The van der Waals surface area contributed by atoms with Gasteiger partial charge in [0.15, 0.2) is 0 Å². The lowest BCUT2D eigenvalue weighted by molar-refractivity contribution is 0.133. The van der Waals surface area contributed by atoms with Crippen molar-refractivity contribution in [3.05, 3.63) is 22.8 Å². The fourth-order valence-corrected chi connectivity index (χ4v) is 1.32. The maximum absolute atomic E-state index is 5.76. The second-order valence-corrected chi connectivity index (χ2v) is 2.87. The third kappa shape index (κ3) is 1.61. The van der Waals surface area contributed by atoms with E-state index in [9.17, 15) is 0 Å². The Morgan fingerprint density at radius 3 is 2.90 bits per heavy atom. The van der Waals surface area contributed by atoms with Gasteiger partial charge in [0.1, 0.15) is 0 Å². The molecular formula is C8H11ClO. The highest BCUT2D eigenvalue weighted by Crippen LogP contribution is 2.21. The Morgan fingerprint density at radius 2 is 2.40 bits per heavy atom. The van der Waals surface area contributed by atoms with Crippen LogP contribution >= 0.6 is 11.6 Å². The topological polar surface area (TPSA) is 9.23 Å². The minimum Gasteiger partial charge on any atom is -0.377 e. The Labute approximate surface area is 66.3 Å². The second kappa shape index (κ2) is 3.22. The van der Waals surface area contributed by atoms with E-state index in [4.69, 9.17) is 16.3 Å². The summed E-state index contributed by atoms with van der Waals surface area (Å²) in [5, 5.41) is 0.825. The van der Waals surface area contributed by atoms with Gasteiger partial charge in [-0.3, -0.25) is 0 Å². The molecular weight excluding hydrogens is 148 g/mol. The molecule has 0 saturated carbocycles. The maximum atomic E-state index is 5.76. The van der Waals surface area contributed by atoms with Crippen LogP contribution in [0.1, 0.15) is 13.3 Å². The molecule has 0 N–H and O–H groups in total. The lowest BCUT2D eigenvalue weighted by atomic mass is 10.0. The van der Waals surface area contributed by atoms with Crippen molar-refractivity contribution >= 4 is 11.6 Å². The fraction of sp³-hybridized carbons (Fsp3) is 0.500. The van der Waals surface area contributed by atoms with Gasteiger partial charge in [-0.25, -0.2) is 0 Å². The van der Waals surface area contributed by atoms with Crippen molar-refractivity contribution in [1.82, 2.24) is 0 Å². The highest BCUT2D eigenvalue weighted by atomic mass is 35.5. The molecule has 0 spiro atoms. The van der Waals surface area contributed by atoms with E-state index >= 15 is 0 Å². The predicted molar refractivity (Wildman–Crippen MR) is 43.1 cm³/mol. The molecule has 1 nitrogen and oxygen atoms in total. The monoisotopic (exact) mass is 158 g/mol. The van der Waals surface area contributed by atoms with Crippen molar-refractivity contribution in [3.8, 4) is 0 Å². The second-order valence-electron chi connectivity index (χ2n) is 2.44. The molecule has 0 aromatic carbocycles. The van der Waals surface area contributed by atoms with Crippen LogP contribution in [0.15, 0.2) is 22.8 Å². The lowest BCUT2D eigenvalue weighted by Gasteiger charge is -2.17. The number of rotatable bonds is 1. The van der Waals surface area contributed by atoms with Crippen LogP contribution in [0.25, 0.3) is 0 Å². The first kappa shape index (κ1) is 7.83. The van der Waals surface area contributed by atoms with E-state index in [2.05, 4.69) is 0 Å². The van der Waals surface area contributed by atoms with Crippen LogP contribution in [-0.4, -0.2) is 13.2 Å². The highest BCUT2D eigenvalue weighted by molar-refractivity contribution is 6.31. The number of allylic oxidation sites excluding steroid dienone is 2. The molecule has 1 atom stereocenters. The molecule has 56 valence electrons. The summed E-state index contributed by atoms with van der Waals surface area (Å²) < 4.78 is 5.18. The first-order chi connectivity index (χ1) is 4.74. The van der Waals surface area contributed by atoms with Gasteiger partial charge in [-0.1, -0.05) is 17.7 Å². The molecule has 2 heteroatoms. The van der Waals surface area contributed by atoms with Gasteiger partial charge in [-0.05, 0) is 25.0 Å². The van der Waals surface area contributed by atoms with Crippen molar-refractivity contribution < 1.29 is 4.74 Å². The Hall–Kier alpha value is -0.270. The van der Waals surface area contributed by atoms with Crippen LogP contribution in [0.5, 0.6) is 0 Å². The van der Waals surface area contributed by atoms with E-state index in [0.29, 0.717) is 0 Å². The summed E-state index contributed by atoms with van der Waals surface area (Å²) in [5.41, 5.74) is 1.20. The van der Waals surface area contributed by atoms with Gasteiger partial charge in [-0.15, -0.1) is 0 Å². The minimum atomic E-state index is 0.238. The molecule has 0 radical (unpaired) electrons. The van der Waals surface area contributed by atoms with Gasteiger partial charge in [0.2, 0.25) is 0 Å². The number of methoxy groups -OCH3 is 1. The summed E-state index contributed by atoms with van der Waals surface area (Å²) in [6, 6.07) is 0. The molecule has 0 saturated heterocycles. The lowest BCUT2D eigenvalue weighted by Crippen LogP contribution is -2.13. The van der Waals surface area contributed by atoms with Gasteiger partial charge in [-0.2, -0.15) is 0 Å². The van der Waals surface area contributed by atoms with Crippen LogP contribution in [-0.2, 0) is 4.74 Å². The molecule has 0 aliphatic heterocycles. The molecule has 1 rings (SSSR count). The SMILES string of the molecule is COC1CC=C(Cl)C=C1C. The van der Waals surface area contributed by atoms with Gasteiger partial charge >= 0.3 is 0 Å². The molecule has 1 aliphatic rings. The van der Waals surface area contributed by atoms with E-state index < -0.39 is 0 Å². The third-order valence-corrected chi connectivity index (χ3v) is 1.95. The van der Waals surface area contributed by atoms with Gasteiger partial charge < -0.3 is 4.74 Å². The van der Waals surface area contributed by atoms with E-state index in [-0.39, 0.29) is 6.10 Å². The summed E-state index contributed by atoms with van der Waals surface area (Å²) in [6.45, 7) is 2.03. The molecule has 0 aromatic heterocycles. The fourth-order valence-electron chi connectivity index (χ4n) is 1.06. The van der Waals surface area contributed by atoms with Crippen molar-refractivity contribution in [2.75, 3.05) is 7.11 Å². The molecule has 0 amide bonds. The van der Waals surface area contributed by atoms with Crippen molar-refractivity contribution in [1.29, 1.82) is 0 Å². The molecule has 0 fully saturated rings. The predicted octanol–water partition coefficient (Wildman–Crippen LogP) is 2.47. The van der Waals surface area contributed by atoms with E-state index in [1.165, 1.54) is 5.57 Å². The van der Waals surface area contributed by atoms with Crippen LogP contribution in [0.4, 0.5) is 0 Å². The Morgan fingerprint density at radius 1 is 1.70 bits per heavy atom. The van der Waals surface area contributed by atoms with Crippen molar-refractivity contribution in [2.45, 2.75) is 19.4 Å². The summed E-state index contributed by atoms with van der Waals surface area (Å²) in [6.07, 6.45) is 5.06. The van der Waals surface area contributed by atoms with E-state index in [1.54, 1.807) is 7.11 Å².